The Morgan fingerprint density at radius 3 is 2.61 bits per heavy atom. The van der Waals surface area contributed by atoms with E-state index in [1.54, 1.807) is 12.1 Å². The fourth-order valence-corrected chi connectivity index (χ4v) is 2.61. The molecule has 1 aliphatic rings. The van der Waals surface area contributed by atoms with Crippen LogP contribution in [0.25, 0.3) is 11.3 Å². The summed E-state index contributed by atoms with van der Waals surface area (Å²) in [5, 5.41) is 0.0109. The van der Waals surface area contributed by atoms with Gasteiger partial charge in [-0.05, 0) is 24.3 Å². The summed E-state index contributed by atoms with van der Waals surface area (Å²) >= 11 is 5.83. The van der Waals surface area contributed by atoms with Crippen LogP contribution in [0.15, 0.2) is 24.3 Å². The first kappa shape index (κ1) is 17.4. The SMILES string of the molecule is CC.CC1(C)COc2c1cc(C=O)nc2-c1ccc(F)c(Cl)c1. The van der Waals surface area contributed by atoms with Gasteiger partial charge in [0, 0.05) is 16.5 Å². The summed E-state index contributed by atoms with van der Waals surface area (Å²) in [5.74, 6) is 0.137. The van der Waals surface area contributed by atoms with Crippen molar-refractivity contribution in [3.63, 3.8) is 0 Å². The second-order valence-electron chi connectivity index (χ2n) is 5.69. The molecule has 0 aliphatic carbocycles. The molecule has 1 aromatic heterocycles. The summed E-state index contributed by atoms with van der Waals surface area (Å²) < 4.78 is 19.1. The lowest BCUT2D eigenvalue weighted by Crippen LogP contribution is -2.18. The van der Waals surface area contributed by atoms with Gasteiger partial charge in [-0.2, -0.15) is 0 Å². The van der Waals surface area contributed by atoms with Crippen LogP contribution in [0.4, 0.5) is 4.39 Å². The van der Waals surface area contributed by atoms with E-state index >= 15 is 0 Å². The molecule has 5 heteroatoms. The van der Waals surface area contributed by atoms with Gasteiger partial charge in [0.2, 0.25) is 0 Å². The summed E-state index contributed by atoms with van der Waals surface area (Å²) in [6.45, 7) is 8.58. The van der Waals surface area contributed by atoms with Gasteiger partial charge < -0.3 is 4.74 Å². The molecule has 0 N–H and O–H groups in total. The third-order valence-corrected chi connectivity index (χ3v) is 3.90. The maximum absolute atomic E-state index is 13.3. The van der Waals surface area contributed by atoms with E-state index in [9.17, 15) is 9.18 Å². The Morgan fingerprint density at radius 1 is 1.30 bits per heavy atom. The molecule has 2 aromatic rings. The Hall–Kier alpha value is -1.94. The highest BCUT2D eigenvalue weighted by atomic mass is 35.5. The molecule has 0 saturated heterocycles. The zero-order valence-electron chi connectivity index (χ0n) is 13.6. The van der Waals surface area contributed by atoms with Crippen LogP contribution in [-0.4, -0.2) is 17.9 Å². The van der Waals surface area contributed by atoms with Gasteiger partial charge in [0.05, 0.1) is 11.6 Å². The maximum Gasteiger partial charge on any atom is 0.168 e. The van der Waals surface area contributed by atoms with E-state index in [-0.39, 0.29) is 10.4 Å². The molecule has 0 atom stereocenters. The van der Waals surface area contributed by atoms with Crippen LogP contribution < -0.4 is 4.74 Å². The molecule has 122 valence electrons. The number of pyridine rings is 1. The van der Waals surface area contributed by atoms with Crippen molar-refractivity contribution in [2.24, 2.45) is 0 Å². The molecular formula is C18H19ClFNO2. The highest BCUT2D eigenvalue weighted by Crippen LogP contribution is 2.44. The van der Waals surface area contributed by atoms with E-state index in [0.29, 0.717) is 35.6 Å². The third kappa shape index (κ3) is 3.22. The first-order chi connectivity index (χ1) is 10.9. The second-order valence-corrected chi connectivity index (χ2v) is 6.10. The van der Waals surface area contributed by atoms with Gasteiger partial charge in [0.1, 0.15) is 23.0 Å². The molecule has 1 aromatic carbocycles. The molecule has 2 heterocycles. The summed E-state index contributed by atoms with van der Waals surface area (Å²) in [4.78, 5) is 15.4. The van der Waals surface area contributed by atoms with Gasteiger partial charge in [0.25, 0.3) is 0 Å². The number of hydrogen-bond donors (Lipinski definition) is 0. The first-order valence-electron chi connectivity index (χ1n) is 7.51. The summed E-state index contributed by atoms with van der Waals surface area (Å²) in [5.41, 5.74) is 2.19. The lowest BCUT2D eigenvalue weighted by molar-refractivity contribution is 0.111. The molecule has 0 amide bonds. The monoisotopic (exact) mass is 335 g/mol. The van der Waals surface area contributed by atoms with Crippen LogP contribution >= 0.6 is 11.6 Å². The van der Waals surface area contributed by atoms with Crippen molar-refractivity contribution in [1.82, 2.24) is 4.98 Å². The van der Waals surface area contributed by atoms with Gasteiger partial charge in [-0.1, -0.05) is 39.3 Å². The van der Waals surface area contributed by atoms with Crippen molar-refractivity contribution in [2.45, 2.75) is 33.1 Å². The van der Waals surface area contributed by atoms with Crippen LogP contribution in [0.1, 0.15) is 43.7 Å². The number of aldehydes is 1. The Kier molecular flexibility index (Phi) is 5.05. The number of fused-ring (bicyclic) bond motifs is 1. The van der Waals surface area contributed by atoms with E-state index in [4.69, 9.17) is 16.3 Å². The fraction of sp³-hybridized carbons (Fsp3) is 0.333. The van der Waals surface area contributed by atoms with Crippen molar-refractivity contribution < 1.29 is 13.9 Å². The summed E-state index contributed by atoms with van der Waals surface area (Å²) in [7, 11) is 0. The Morgan fingerprint density at radius 2 is 2.00 bits per heavy atom. The number of rotatable bonds is 2. The van der Waals surface area contributed by atoms with Crippen LogP contribution in [0, 0.1) is 5.82 Å². The quantitative estimate of drug-likeness (QED) is 0.721. The highest BCUT2D eigenvalue weighted by molar-refractivity contribution is 6.31. The Bertz CT molecular complexity index is 744. The van der Waals surface area contributed by atoms with Gasteiger partial charge >= 0.3 is 0 Å². The molecule has 0 fully saturated rings. The molecule has 0 radical (unpaired) electrons. The minimum absolute atomic E-state index is 0.0109. The number of carbonyl (C=O) groups is 1. The van der Waals surface area contributed by atoms with Crippen LogP contribution in [0.2, 0.25) is 5.02 Å². The van der Waals surface area contributed by atoms with Crippen LogP contribution in [0.5, 0.6) is 5.75 Å². The first-order valence-corrected chi connectivity index (χ1v) is 7.89. The average molecular weight is 336 g/mol. The van der Waals surface area contributed by atoms with E-state index in [1.807, 2.05) is 27.7 Å². The Balaban J connectivity index is 0.000000924. The molecule has 23 heavy (non-hydrogen) atoms. The van der Waals surface area contributed by atoms with Crippen molar-refractivity contribution in [3.8, 4) is 17.0 Å². The number of carbonyl (C=O) groups excluding carboxylic acids is 1. The number of benzene rings is 1. The molecule has 0 spiro atoms. The minimum atomic E-state index is -0.496. The third-order valence-electron chi connectivity index (χ3n) is 3.61. The molecular weight excluding hydrogens is 317 g/mol. The lowest BCUT2D eigenvalue weighted by Gasteiger charge is -2.15. The second kappa shape index (κ2) is 6.67. The van der Waals surface area contributed by atoms with E-state index in [1.165, 1.54) is 12.1 Å². The molecule has 3 rings (SSSR count). The normalized spacial score (nSPS) is 14.3. The topological polar surface area (TPSA) is 39.2 Å². The van der Waals surface area contributed by atoms with Crippen LogP contribution in [-0.2, 0) is 5.41 Å². The predicted octanol–water partition coefficient (Wildman–Crippen LogP) is 5.05. The van der Waals surface area contributed by atoms with Crippen molar-refractivity contribution in [1.29, 1.82) is 0 Å². The van der Waals surface area contributed by atoms with Crippen molar-refractivity contribution in [3.05, 3.63) is 46.4 Å². The van der Waals surface area contributed by atoms with Crippen molar-refractivity contribution >= 4 is 17.9 Å². The van der Waals surface area contributed by atoms with E-state index in [2.05, 4.69) is 4.98 Å². The standard InChI is InChI=1S/C16H13ClFNO2.C2H6/c1-16(2)8-21-15-11(16)6-10(7-20)19-14(15)9-3-4-13(18)12(17)5-9;1-2/h3-7H,8H2,1-2H3;1-2H3. The number of halogens is 2. The van der Waals surface area contributed by atoms with Gasteiger partial charge in [-0.3, -0.25) is 4.79 Å². The largest absolute Gasteiger partial charge is 0.490 e. The van der Waals surface area contributed by atoms with Gasteiger partial charge in [-0.15, -0.1) is 0 Å². The van der Waals surface area contributed by atoms with E-state index in [0.717, 1.165) is 5.56 Å². The zero-order valence-corrected chi connectivity index (χ0v) is 14.4. The minimum Gasteiger partial charge on any atom is -0.490 e. The smallest absolute Gasteiger partial charge is 0.168 e. The predicted molar refractivity (Wildman–Crippen MR) is 89.9 cm³/mol. The van der Waals surface area contributed by atoms with Crippen LogP contribution in [0.3, 0.4) is 0 Å². The molecule has 0 bridgehead atoms. The van der Waals surface area contributed by atoms with Gasteiger partial charge in [0.15, 0.2) is 6.29 Å². The summed E-state index contributed by atoms with van der Waals surface area (Å²) in [6, 6.07) is 6.08. The van der Waals surface area contributed by atoms with Gasteiger partial charge in [-0.25, -0.2) is 9.37 Å². The maximum atomic E-state index is 13.3. The Labute approximate surface area is 140 Å². The molecule has 3 nitrogen and oxygen atoms in total. The molecule has 0 saturated carbocycles. The summed E-state index contributed by atoms with van der Waals surface area (Å²) in [6.07, 6.45) is 0.698. The number of nitrogens with zero attached hydrogens (tertiary/aromatic N) is 1. The van der Waals surface area contributed by atoms with Crippen molar-refractivity contribution in [2.75, 3.05) is 6.61 Å². The zero-order chi connectivity index (χ0) is 17.2. The van der Waals surface area contributed by atoms with E-state index < -0.39 is 5.82 Å². The lowest BCUT2D eigenvalue weighted by atomic mass is 9.86. The number of hydrogen-bond acceptors (Lipinski definition) is 3. The fourth-order valence-electron chi connectivity index (χ4n) is 2.43. The number of ether oxygens (including phenoxy) is 1. The average Bonchev–Trinajstić information content (AvgIpc) is 2.86. The highest BCUT2D eigenvalue weighted by Gasteiger charge is 2.35. The molecule has 1 aliphatic heterocycles. The molecule has 0 unspecified atom stereocenters. The number of aromatic nitrogens is 1.